The Labute approximate surface area is 336 Å². The SMILES string of the molecule is CC(=O)O[C@@]12CO[C@@H]1[C@@H]1O[C@@H]1[C@@]1(C)C(=O)[C@H](O)C3=C(C)[C@H](OC(=O)[C@@H](O)[C@@H](NC(=O)OC(C)(C)C)c4ccccc4)C[C@@](O)([C@@H](OC(=O)c4ccccc4)[C@H]21)C3(C)C. The van der Waals surface area contributed by atoms with Crippen molar-refractivity contribution in [1.29, 1.82) is 0 Å². The van der Waals surface area contributed by atoms with Crippen molar-refractivity contribution in [3.05, 3.63) is 82.9 Å². The number of fused-ring (bicyclic) bond motifs is 8. The van der Waals surface area contributed by atoms with Crippen LogP contribution < -0.4 is 5.32 Å². The molecule has 0 spiro atoms. The fourth-order valence-corrected chi connectivity index (χ4v) is 9.95. The Hall–Kier alpha value is -4.67. The number of epoxide rings is 1. The number of carbonyl (C=O) groups is 5. The van der Waals surface area contributed by atoms with Crippen molar-refractivity contribution in [3.8, 4) is 0 Å². The summed E-state index contributed by atoms with van der Waals surface area (Å²) >= 11 is 0. The van der Waals surface area contributed by atoms with Gasteiger partial charge < -0.3 is 49.1 Å². The molecule has 15 nitrogen and oxygen atoms in total. The van der Waals surface area contributed by atoms with E-state index in [4.69, 9.17) is 28.4 Å². The van der Waals surface area contributed by atoms with Crippen LogP contribution in [0.1, 0.15) is 83.8 Å². The summed E-state index contributed by atoms with van der Waals surface area (Å²) in [4.78, 5) is 69.2. The number of hydrogen-bond acceptors (Lipinski definition) is 14. The first-order chi connectivity index (χ1) is 27.1. The molecule has 58 heavy (non-hydrogen) atoms. The second-order valence-corrected chi connectivity index (χ2v) is 17.8. The molecule has 2 heterocycles. The average Bonchev–Trinajstić information content (AvgIpc) is 3.93. The third-order valence-corrected chi connectivity index (χ3v) is 12.8. The molecule has 2 bridgehead atoms. The number of aliphatic hydroxyl groups excluding tert-OH is 2. The molecule has 15 heteroatoms. The predicted octanol–water partition coefficient (Wildman–Crippen LogP) is 3.28. The van der Waals surface area contributed by atoms with E-state index in [-0.39, 0.29) is 23.3 Å². The van der Waals surface area contributed by atoms with Crippen LogP contribution in [0.3, 0.4) is 0 Å². The summed E-state index contributed by atoms with van der Waals surface area (Å²) in [6, 6.07) is 14.8. The van der Waals surface area contributed by atoms with Gasteiger partial charge in [0.1, 0.15) is 41.7 Å². The summed E-state index contributed by atoms with van der Waals surface area (Å²) in [5.41, 5.74) is -7.45. The summed E-state index contributed by atoms with van der Waals surface area (Å²) in [6.07, 6.45) is -10.9. The standard InChI is InChI=1S/C43H51NO14/c1-21-25(54-37(50)29(47)27(23-15-11-9-12-16-23)44-38(51)58-39(3,4)5)19-43(52)35(56-36(49)24-17-13-10-14-18-24)31-41(8,32(48)28(46)26(21)40(43,6)7)33-30(55-33)34-42(31,20-53-34)57-22(2)45/h9-18,25,27-31,33-35,46-47,52H,19-20H2,1-8H3,(H,44,51)/t25-,27+,28-,29+,30-,31+,33+,34-,35+,41-,42-,43-/m1/s1. The van der Waals surface area contributed by atoms with Crippen molar-refractivity contribution < 1.29 is 67.7 Å². The monoisotopic (exact) mass is 805 g/mol. The van der Waals surface area contributed by atoms with E-state index in [0.717, 1.165) is 0 Å². The first kappa shape index (κ1) is 41.5. The number of ketones is 1. The van der Waals surface area contributed by atoms with Crippen LogP contribution in [0.25, 0.3) is 0 Å². The Morgan fingerprint density at radius 2 is 1.57 bits per heavy atom. The quantitative estimate of drug-likeness (QED) is 0.130. The number of rotatable bonds is 8. The molecule has 12 atom stereocenters. The van der Waals surface area contributed by atoms with Crippen LogP contribution >= 0.6 is 0 Å². The topological polar surface area (TPSA) is 217 Å². The van der Waals surface area contributed by atoms with Gasteiger partial charge in [0.2, 0.25) is 0 Å². The molecule has 0 radical (unpaired) electrons. The number of amides is 1. The molecule has 2 saturated heterocycles. The zero-order valence-electron chi connectivity index (χ0n) is 33.7. The van der Waals surface area contributed by atoms with E-state index < -0.39 is 119 Å². The van der Waals surface area contributed by atoms with Crippen LogP contribution in [-0.2, 0) is 42.8 Å². The molecule has 3 aliphatic carbocycles. The Bertz CT molecular complexity index is 2030. The highest BCUT2D eigenvalue weighted by Crippen LogP contribution is 2.68. The summed E-state index contributed by atoms with van der Waals surface area (Å²) in [5.74, 6) is -4.90. The average molecular weight is 806 g/mol. The van der Waals surface area contributed by atoms with Gasteiger partial charge in [-0.2, -0.15) is 0 Å². The maximum atomic E-state index is 15.1. The third kappa shape index (κ3) is 6.51. The maximum Gasteiger partial charge on any atom is 0.408 e. The summed E-state index contributed by atoms with van der Waals surface area (Å²) in [6.45, 7) is 12.2. The van der Waals surface area contributed by atoms with E-state index in [1.54, 1.807) is 97.0 Å². The number of alkyl carbamates (subject to hydrolysis) is 1. The van der Waals surface area contributed by atoms with Gasteiger partial charge in [-0.05, 0) is 63.5 Å². The second-order valence-electron chi connectivity index (χ2n) is 17.8. The highest BCUT2D eigenvalue weighted by Gasteiger charge is 2.84. The zero-order valence-corrected chi connectivity index (χ0v) is 33.7. The van der Waals surface area contributed by atoms with Crippen molar-refractivity contribution in [2.75, 3.05) is 6.61 Å². The Morgan fingerprint density at radius 1 is 0.948 bits per heavy atom. The van der Waals surface area contributed by atoms with Crippen molar-refractivity contribution in [2.24, 2.45) is 16.7 Å². The van der Waals surface area contributed by atoms with Crippen LogP contribution in [0.4, 0.5) is 4.79 Å². The Balaban J connectivity index is 1.34. The van der Waals surface area contributed by atoms with Gasteiger partial charge in [-0.25, -0.2) is 14.4 Å². The second kappa shape index (κ2) is 14.3. The molecule has 2 aromatic rings. The summed E-state index contributed by atoms with van der Waals surface area (Å²) < 4.78 is 35.9. The normalized spacial score (nSPS) is 35.5. The number of nitrogens with one attached hydrogen (secondary N) is 1. The molecule has 0 unspecified atom stereocenters. The zero-order chi connectivity index (χ0) is 42.3. The largest absolute Gasteiger partial charge is 0.456 e. The Kier molecular flexibility index (Phi) is 10.2. The minimum atomic E-state index is -2.28. The molecule has 2 aliphatic heterocycles. The minimum Gasteiger partial charge on any atom is -0.456 e. The smallest absolute Gasteiger partial charge is 0.408 e. The number of aliphatic hydroxyl groups is 3. The van der Waals surface area contributed by atoms with E-state index in [1.807, 2.05) is 0 Å². The van der Waals surface area contributed by atoms with Crippen molar-refractivity contribution in [2.45, 2.75) is 127 Å². The Morgan fingerprint density at radius 3 is 2.14 bits per heavy atom. The lowest BCUT2D eigenvalue weighted by Crippen LogP contribution is -2.81. The van der Waals surface area contributed by atoms with Crippen molar-refractivity contribution in [1.82, 2.24) is 5.32 Å². The van der Waals surface area contributed by atoms with Crippen LogP contribution in [0, 0.1) is 16.7 Å². The van der Waals surface area contributed by atoms with Crippen LogP contribution in [0.5, 0.6) is 0 Å². The van der Waals surface area contributed by atoms with Gasteiger partial charge in [0.15, 0.2) is 17.5 Å². The lowest BCUT2D eigenvalue weighted by molar-refractivity contribution is -0.325. The van der Waals surface area contributed by atoms with Crippen LogP contribution in [0.15, 0.2) is 71.8 Å². The molecule has 2 aromatic carbocycles. The van der Waals surface area contributed by atoms with Crippen molar-refractivity contribution >= 4 is 29.8 Å². The van der Waals surface area contributed by atoms with Gasteiger partial charge in [-0.3, -0.25) is 9.59 Å². The van der Waals surface area contributed by atoms with Gasteiger partial charge in [0.25, 0.3) is 0 Å². The molecular formula is C43H51NO14. The third-order valence-electron chi connectivity index (χ3n) is 12.8. The number of esters is 3. The number of carbonyl (C=O) groups excluding carboxylic acids is 5. The van der Waals surface area contributed by atoms with Crippen LogP contribution in [-0.4, -0.2) is 111 Å². The fourth-order valence-electron chi connectivity index (χ4n) is 9.95. The van der Waals surface area contributed by atoms with Gasteiger partial charge in [0, 0.05) is 18.8 Å². The molecule has 4 fully saturated rings. The number of benzene rings is 2. The fraction of sp³-hybridized carbons (Fsp3) is 0.558. The highest BCUT2D eigenvalue weighted by molar-refractivity contribution is 5.94. The molecule has 1 amide bonds. The van der Waals surface area contributed by atoms with Gasteiger partial charge in [-0.1, -0.05) is 62.4 Å². The highest BCUT2D eigenvalue weighted by atomic mass is 16.7. The van der Waals surface area contributed by atoms with E-state index in [0.29, 0.717) is 5.56 Å². The van der Waals surface area contributed by atoms with Gasteiger partial charge in [0.05, 0.1) is 35.6 Å². The van der Waals surface area contributed by atoms with Gasteiger partial charge >= 0.3 is 24.0 Å². The molecular weight excluding hydrogens is 754 g/mol. The lowest BCUT2D eigenvalue weighted by atomic mass is 9.45. The van der Waals surface area contributed by atoms with Crippen molar-refractivity contribution in [3.63, 3.8) is 0 Å². The molecule has 4 N–H and O–H groups in total. The predicted molar refractivity (Wildman–Crippen MR) is 202 cm³/mol. The molecule has 5 aliphatic rings. The van der Waals surface area contributed by atoms with E-state index in [2.05, 4.69) is 5.32 Å². The molecule has 312 valence electrons. The maximum absolute atomic E-state index is 15.1. The lowest BCUT2D eigenvalue weighted by Gasteiger charge is -2.65. The van der Waals surface area contributed by atoms with E-state index >= 15 is 4.79 Å². The van der Waals surface area contributed by atoms with E-state index in [9.17, 15) is 34.5 Å². The molecule has 0 aromatic heterocycles. The van der Waals surface area contributed by atoms with Gasteiger partial charge in [-0.15, -0.1) is 0 Å². The number of hydrogen-bond donors (Lipinski definition) is 4. The minimum absolute atomic E-state index is 0.0104. The summed E-state index contributed by atoms with van der Waals surface area (Å²) in [7, 11) is 0. The number of Topliss-reactive ketones (excluding diaryl/α,β-unsaturated/α-hetero) is 1. The first-order valence-corrected chi connectivity index (χ1v) is 19.4. The summed E-state index contributed by atoms with van der Waals surface area (Å²) in [5, 5.41) is 39.9. The molecule has 7 rings (SSSR count). The first-order valence-electron chi connectivity index (χ1n) is 19.4. The number of ether oxygens (including phenoxy) is 6. The van der Waals surface area contributed by atoms with E-state index in [1.165, 1.54) is 19.1 Å². The van der Waals surface area contributed by atoms with Crippen LogP contribution in [0.2, 0.25) is 0 Å². The molecule has 2 saturated carbocycles.